The maximum atomic E-state index is 3.45. The van der Waals surface area contributed by atoms with E-state index in [1.807, 2.05) is 0 Å². The summed E-state index contributed by atoms with van der Waals surface area (Å²) >= 11 is 0. The minimum absolute atomic E-state index is 1.18. The van der Waals surface area contributed by atoms with E-state index >= 15 is 0 Å². The van der Waals surface area contributed by atoms with Gasteiger partial charge in [-0.05, 0) is 42.5 Å². The van der Waals surface area contributed by atoms with Crippen molar-refractivity contribution in [3.8, 4) is 0 Å². The first-order valence-electron chi connectivity index (χ1n) is 9.87. The van der Waals surface area contributed by atoms with Crippen LogP contribution >= 0.6 is 0 Å². The second-order valence-corrected chi connectivity index (χ2v) is 7.06. The van der Waals surface area contributed by atoms with Gasteiger partial charge in [0.15, 0.2) is 0 Å². The number of aryl methyl sites for hydroxylation is 1. The number of aromatic amines is 2. The van der Waals surface area contributed by atoms with Gasteiger partial charge in [0.25, 0.3) is 0 Å². The molecule has 0 amide bonds. The van der Waals surface area contributed by atoms with E-state index in [2.05, 4.69) is 95.8 Å². The molecule has 2 N–H and O–H groups in total. The Bertz CT molecular complexity index is 1060. The lowest BCUT2D eigenvalue weighted by Crippen LogP contribution is -1.84. The molecule has 0 saturated carbocycles. The Morgan fingerprint density at radius 2 is 1.22 bits per heavy atom. The van der Waals surface area contributed by atoms with Crippen LogP contribution in [0.4, 0.5) is 0 Å². The fraction of sp³-hybridized carbons (Fsp3) is 0.200. The molecule has 136 valence electrons. The number of hydrogen-bond acceptors (Lipinski definition) is 0. The van der Waals surface area contributed by atoms with E-state index in [0.717, 1.165) is 0 Å². The lowest BCUT2D eigenvalue weighted by Gasteiger charge is -1.95. The third-order valence-corrected chi connectivity index (χ3v) is 5.05. The summed E-state index contributed by atoms with van der Waals surface area (Å²) in [6.45, 7) is 2.24. The van der Waals surface area contributed by atoms with E-state index in [-0.39, 0.29) is 0 Å². The van der Waals surface area contributed by atoms with Crippen LogP contribution in [0, 0.1) is 0 Å². The molecule has 0 aliphatic rings. The number of benzene rings is 3. The highest BCUT2D eigenvalue weighted by atomic mass is 14.7. The summed E-state index contributed by atoms with van der Waals surface area (Å²) in [6.07, 6.45) is 5.10. The van der Waals surface area contributed by atoms with Gasteiger partial charge in [-0.15, -0.1) is 0 Å². The molecule has 5 aromatic rings. The Balaban J connectivity index is 0.000000134. The second-order valence-electron chi connectivity index (χ2n) is 7.06. The van der Waals surface area contributed by atoms with Gasteiger partial charge in [0, 0.05) is 33.0 Å². The van der Waals surface area contributed by atoms with Gasteiger partial charge in [-0.25, -0.2) is 0 Å². The summed E-state index contributed by atoms with van der Waals surface area (Å²) < 4.78 is 0. The van der Waals surface area contributed by atoms with E-state index in [1.165, 1.54) is 64.1 Å². The highest BCUT2D eigenvalue weighted by molar-refractivity contribution is 6.06. The monoisotopic (exact) mass is 354 g/mol. The summed E-state index contributed by atoms with van der Waals surface area (Å²) in [6, 6.07) is 27.5. The average molecular weight is 354 g/mol. The van der Waals surface area contributed by atoms with Gasteiger partial charge in [0.1, 0.15) is 0 Å². The van der Waals surface area contributed by atoms with E-state index in [4.69, 9.17) is 0 Å². The number of nitrogens with one attached hydrogen (secondary N) is 2. The van der Waals surface area contributed by atoms with E-state index in [9.17, 15) is 0 Å². The van der Waals surface area contributed by atoms with Gasteiger partial charge >= 0.3 is 0 Å². The predicted molar refractivity (Wildman–Crippen MR) is 117 cm³/mol. The quantitative estimate of drug-likeness (QED) is 0.319. The number of fused-ring (bicyclic) bond motifs is 4. The molecule has 2 heterocycles. The molecule has 0 radical (unpaired) electrons. The van der Waals surface area contributed by atoms with Crippen molar-refractivity contribution >= 4 is 32.7 Å². The molecule has 0 aliphatic carbocycles. The van der Waals surface area contributed by atoms with Crippen LogP contribution in [-0.2, 0) is 6.42 Å². The fourth-order valence-corrected chi connectivity index (χ4v) is 3.63. The third kappa shape index (κ3) is 3.90. The fourth-order valence-electron chi connectivity index (χ4n) is 3.63. The van der Waals surface area contributed by atoms with E-state index in [0.29, 0.717) is 0 Å². The molecule has 2 heteroatoms. The summed E-state index contributed by atoms with van der Waals surface area (Å²) in [4.78, 5) is 6.83. The van der Waals surface area contributed by atoms with Crippen molar-refractivity contribution in [1.29, 1.82) is 0 Å². The molecule has 5 rings (SSSR count). The maximum Gasteiger partial charge on any atom is 0.0464 e. The van der Waals surface area contributed by atoms with Crippen LogP contribution < -0.4 is 0 Å². The van der Waals surface area contributed by atoms with Crippen LogP contribution in [0.5, 0.6) is 0 Å². The van der Waals surface area contributed by atoms with Gasteiger partial charge in [-0.2, -0.15) is 0 Å². The highest BCUT2D eigenvalue weighted by Crippen LogP contribution is 2.24. The number of unbranched alkanes of at least 4 members (excludes halogenated alkanes) is 2. The molecule has 0 spiro atoms. The van der Waals surface area contributed by atoms with Crippen molar-refractivity contribution in [1.82, 2.24) is 9.97 Å². The van der Waals surface area contributed by atoms with Crippen LogP contribution in [0.2, 0.25) is 0 Å². The molecule has 0 aliphatic heterocycles. The first kappa shape index (κ1) is 17.4. The van der Waals surface area contributed by atoms with E-state index in [1.54, 1.807) is 0 Å². The van der Waals surface area contributed by atoms with Crippen molar-refractivity contribution in [3.05, 3.63) is 84.6 Å². The molecular weight excluding hydrogens is 328 g/mol. The first-order chi connectivity index (χ1) is 13.3. The van der Waals surface area contributed by atoms with Crippen LogP contribution in [0.25, 0.3) is 32.7 Å². The summed E-state index contributed by atoms with van der Waals surface area (Å²) in [5, 5.41) is 3.94. The SMILES string of the molecule is CCCCCc1cc2ccccc2[nH]1.c1ccc2c(c1)[nH]c1ccccc12. The van der Waals surface area contributed by atoms with Crippen molar-refractivity contribution in [2.75, 3.05) is 0 Å². The van der Waals surface area contributed by atoms with Crippen LogP contribution in [0.15, 0.2) is 78.9 Å². The molecule has 0 unspecified atom stereocenters. The zero-order valence-electron chi connectivity index (χ0n) is 15.8. The van der Waals surface area contributed by atoms with Gasteiger partial charge < -0.3 is 9.97 Å². The Morgan fingerprint density at radius 3 is 1.85 bits per heavy atom. The lowest BCUT2D eigenvalue weighted by atomic mass is 10.1. The third-order valence-electron chi connectivity index (χ3n) is 5.05. The first-order valence-corrected chi connectivity index (χ1v) is 9.87. The van der Waals surface area contributed by atoms with Crippen molar-refractivity contribution in [2.24, 2.45) is 0 Å². The predicted octanol–water partition coefficient (Wildman–Crippen LogP) is 7.22. The van der Waals surface area contributed by atoms with E-state index < -0.39 is 0 Å². The Kier molecular flexibility index (Phi) is 5.24. The molecule has 0 saturated heterocycles. The molecule has 2 aromatic heterocycles. The lowest BCUT2D eigenvalue weighted by molar-refractivity contribution is 0.710. The van der Waals surface area contributed by atoms with Crippen molar-refractivity contribution < 1.29 is 0 Å². The Hall–Kier alpha value is -3.00. The van der Waals surface area contributed by atoms with Crippen molar-refractivity contribution in [3.63, 3.8) is 0 Å². The van der Waals surface area contributed by atoms with Gasteiger partial charge in [-0.3, -0.25) is 0 Å². The largest absolute Gasteiger partial charge is 0.358 e. The number of aromatic nitrogens is 2. The maximum absolute atomic E-state index is 3.45. The van der Waals surface area contributed by atoms with Gasteiger partial charge in [0.05, 0.1) is 0 Å². The second kappa shape index (κ2) is 8.13. The summed E-state index contributed by atoms with van der Waals surface area (Å²) in [5.74, 6) is 0. The Morgan fingerprint density at radius 1 is 0.630 bits per heavy atom. The molecule has 27 heavy (non-hydrogen) atoms. The molecule has 3 aromatic carbocycles. The topological polar surface area (TPSA) is 31.6 Å². The number of H-pyrrole nitrogens is 2. The molecular formula is C25H26N2. The average Bonchev–Trinajstić information content (AvgIpc) is 3.29. The smallest absolute Gasteiger partial charge is 0.0464 e. The van der Waals surface area contributed by atoms with Gasteiger partial charge in [-0.1, -0.05) is 74.4 Å². The summed E-state index contributed by atoms with van der Waals surface area (Å²) in [7, 11) is 0. The van der Waals surface area contributed by atoms with Crippen molar-refractivity contribution in [2.45, 2.75) is 32.6 Å². The minimum atomic E-state index is 1.18. The number of rotatable bonds is 4. The standard InChI is InChI=1S/C13H17N.C12H9N/c1-2-3-4-8-12-10-11-7-5-6-9-13(11)14-12;1-3-7-11-9(5-1)10-6-2-4-8-12(10)13-11/h5-7,9-10,14H,2-4,8H2,1H3;1-8,13H. The molecule has 0 fully saturated rings. The van der Waals surface area contributed by atoms with Crippen LogP contribution in [0.3, 0.4) is 0 Å². The normalized spacial score (nSPS) is 11.0. The van der Waals surface area contributed by atoms with Crippen LogP contribution in [-0.4, -0.2) is 9.97 Å². The number of hydrogen-bond donors (Lipinski definition) is 2. The van der Waals surface area contributed by atoms with Gasteiger partial charge in [0.2, 0.25) is 0 Å². The molecule has 2 nitrogen and oxygen atoms in total. The molecule has 0 atom stereocenters. The highest BCUT2D eigenvalue weighted by Gasteiger charge is 2.00. The molecule has 0 bridgehead atoms. The zero-order chi connectivity index (χ0) is 18.5. The number of para-hydroxylation sites is 3. The summed E-state index contributed by atoms with van der Waals surface area (Å²) in [5.41, 5.74) is 5.06. The van der Waals surface area contributed by atoms with Crippen LogP contribution in [0.1, 0.15) is 31.9 Å². The Labute approximate surface area is 160 Å². The zero-order valence-corrected chi connectivity index (χ0v) is 15.8. The minimum Gasteiger partial charge on any atom is -0.358 e.